The average molecular weight is 399 g/mol. The molecule has 0 spiro atoms. The topological polar surface area (TPSA) is 43.1 Å². The molecule has 0 aliphatic carbocycles. The lowest BCUT2D eigenvalue weighted by Crippen LogP contribution is -3.00. The first-order valence-electron chi connectivity index (χ1n) is 7.00. The van der Waals surface area contributed by atoms with E-state index >= 15 is 0 Å². The van der Waals surface area contributed by atoms with Crippen LogP contribution in [-0.2, 0) is 12.4 Å². The van der Waals surface area contributed by atoms with Crippen LogP contribution in [0.5, 0.6) is 0 Å². The van der Waals surface area contributed by atoms with Crippen LogP contribution in [0.3, 0.4) is 0 Å². The third kappa shape index (κ3) is 7.45. The Morgan fingerprint density at radius 2 is 1.35 bits per heavy atom. The maximum Gasteiger partial charge on any atom is 0.416 e. The summed E-state index contributed by atoms with van der Waals surface area (Å²) in [4.78, 5) is 10.1. The third-order valence-corrected chi connectivity index (χ3v) is 3.09. The van der Waals surface area contributed by atoms with E-state index in [1.807, 2.05) is 0 Å². The predicted octanol–water partition coefficient (Wildman–Crippen LogP) is 2.25. The summed E-state index contributed by atoms with van der Waals surface area (Å²) in [7, 11) is 0. The molecule has 26 heavy (non-hydrogen) atoms. The fourth-order valence-electron chi connectivity index (χ4n) is 1.79. The average Bonchev–Trinajstić information content (AvgIpc) is 2.54. The molecule has 0 amide bonds. The SMILES string of the molecule is C[C@H](N)c1cccc(C(F)(F)F)c1.O=Cc1cccc(C(F)(F)F)c1.[Cl-]. The Labute approximate surface area is 152 Å². The standard InChI is InChI=1S/C9H10F3N.C8H5F3O.ClH/c1-6(13)7-3-2-4-8(5-7)9(10,11)12;9-8(10,11)7-3-1-2-6(4-7)5-12;/h2-6H,13H2,1H3;1-5H;1H/p-1/t6-;;/m0../s1. The summed E-state index contributed by atoms with van der Waals surface area (Å²) in [5, 5.41) is 0. The number of halogens is 7. The molecule has 0 bridgehead atoms. The lowest BCUT2D eigenvalue weighted by atomic mass is 10.1. The van der Waals surface area contributed by atoms with Crippen LogP contribution in [0.1, 0.15) is 40.0 Å². The van der Waals surface area contributed by atoms with Gasteiger partial charge in [-0.2, -0.15) is 26.3 Å². The maximum absolute atomic E-state index is 12.2. The Morgan fingerprint density at radius 1 is 0.885 bits per heavy atom. The van der Waals surface area contributed by atoms with Crippen LogP contribution in [0.4, 0.5) is 26.3 Å². The molecule has 1 atom stereocenters. The molecule has 0 heterocycles. The van der Waals surface area contributed by atoms with Crippen LogP contribution in [-0.4, -0.2) is 6.29 Å². The smallest absolute Gasteiger partial charge is 0.416 e. The van der Waals surface area contributed by atoms with Crippen molar-refractivity contribution in [2.24, 2.45) is 5.73 Å². The second-order valence-corrected chi connectivity index (χ2v) is 5.15. The molecule has 0 fully saturated rings. The minimum Gasteiger partial charge on any atom is -1.00 e. The van der Waals surface area contributed by atoms with E-state index in [9.17, 15) is 31.1 Å². The summed E-state index contributed by atoms with van der Waals surface area (Å²) in [6.07, 6.45) is -8.28. The number of carbonyl (C=O) groups is 1. The molecule has 0 radical (unpaired) electrons. The fraction of sp³-hybridized carbons (Fsp3) is 0.235. The highest BCUT2D eigenvalue weighted by Gasteiger charge is 2.31. The quantitative estimate of drug-likeness (QED) is 0.623. The second-order valence-electron chi connectivity index (χ2n) is 5.15. The molecule has 0 saturated heterocycles. The van der Waals surface area contributed by atoms with E-state index in [4.69, 9.17) is 5.73 Å². The Hall–Kier alpha value is -2.06. The van der Waals surface area contributed by atoms with E-state index in [-0.39, 0.29) is 24.0 Å². The number of aldehydes is 1. The van der Waals surface area contributed by atoms with Crippen molar-refractivity contribution in [3.8, 4) is 0 Å². The number of benzene rings is 2. The zero-order chi connectivity index (χ0) is 19.3. The summed E-state index contributed by atoms with van der Waals surface area (Å²) < 4.78 is 72.5. The highest BCUT2D eigenvalue weighted by molar-refractivity contribution is 5.74. The van der Waals surface area contributed by atoms with Gasteiger partial charge in [0.15, 0.2) is 0 Å². The summed E-state index contributed by atoms with van der Waals surface area (Å²) in [6, 6.07) is 8.94. The molecule has 2 aromatic carbocycles. The molecule has 0 aliphatic rings. The molecule has 2 rings (SSSR count). The van der Waals surface area contributed by atoms with Crippen molar-refractivity contribution in [3.63, 3.8) is 0 Å². The third-order valence-electron chi connectivity index (χ3n) is 3.09. The summed E-state index contributed by atoms with van der Waals surface area (Å²) >= 11 is 0. The van der Waals surface area contributed by atoms with Crippen LogP contribution in [0.15, 0.2) is 48.5 Å². The predicted molar refractivity (Wildman–Crippen MR) is 80.9 cm³/mol. The van der Waals surface area contributed by atoms with Gasteiger partial charge in [0.25, 0.3) is 0 Å². The summed E-state index contributed by atoms with van der Waals surface area (Å²) in [5.74, 6) is 0. The zero-order valence-electron chi connectivity index (χ0n) is 13.4. The highest BCUT2D eigenvalue weighted by atomic mass is 35.5. The Kier molecular flexibility index (Phi) is 8.83. The molecule has 0 aromatic heterocycles. The fourth-order valence-corrected chi connectivity index (χ4v) is 1.79. The number of hydrogen-bond donors (Lipinski definition) is 1. The minimum absolute atomic E-state index is 0. The number of nitrogens with two attached hydrogens (primary N) is 1. The lowest BCUT2D eigenvalue weighted by Gasteiger charge is -2.10. The highest BCUT2D eigenvalue weighted by Crippen LogP contribution is 2.30. The summed E-state index contributed by atoms with van der Waals surface area (Å²) in [6.45, 7) is 1.65. The lowest BCUT2D eigenvalue weighted by molar-refractivity contribution is -0.138. The molecule has 9 heteroatoms. The van der Waals surface area contributed by atoms with E-state index < -0.39 is 23.5 Å². The molecular formula is C17H15ClF6NO-. The zero-order valence-corrected chi connectivity index (χ0v) is 14.2. The molecule has 0 unspecified atom stereocenters. The first-order valence-corrected chi connectivity index (χ1v) is 7.00. The largest absolute Gasteiger partial charge is 1.00 e. The van der Waals surface area contributed by atoms with Crippen molar-refractivity contribution in [2.75, 3.05) is 0 Å². The number of carbonyl (C=O) groups excluding carboxylic acids is 1. The molecule has 2 nitrogen and oxygen atoms in total. The van der Waals surface area contributed by atoms with Crippen LogP contribution >= 0.6 is 0 Å². The van der Waals surface area contributed by atoms with E-state index in [1.165, 1.54) is 18.2 Å². The van der Waals surface area contributed by atoms with E-state index in [0.29, 0.717) is 11.8 Å². The monoisotopic (exact) mass is 398 g/mol. The van der Waals surface area contributed by atoms with Gasteiger partial charge in [-0.05, 0) is 36.8 Å². The van der Waals surface area contributed by atoms with Crippen molar-refractivity contribution in [1.29, 1.82) is 0 Å². The van der Waals surface area contributed by atoms with E-state index in [0.717, 1.165) is 24.3 Å². The Morgan fingerprint density at radius 3 is 1.77 bits per heavy atom. The van der Waals surface area contributed by atoms with Gasteiger partial charge in [0.1, 0.15) is 6.29 Å². The van der Waals surface area contributed by atoms with Crippen LogP contribution in [0.2, 0.25) is 0 Å². The Balaban J connectivity index is 0.000000464. The van der Waals surface area contributed by atoms with Crippen molar-refractivity contribution in [1.82, 2.24) is 0 Å². The molecule has 2 aromatic rings. The maximum atomic E-state index is 12.2. The van der Waals surface area contributed by atoms with Crippen LogP contribution < -0.4 is 18.1 Å². The van der Waals surface area contributed by atoms with Crippen molar-refractivity contribution in [2.45, 2.75) is 25.3 Å². The van der Waals surface area contributed by atoms with Gasteiger partial charge in [0.05, 0.1) is 11.1 Å². The Bertz CT molecular complexity index is 713. The number of alkyl halides is 6. The molecule has 2 N–H and O–H groups in total. The van der Waals surface area contributed by atoms with Gasteiger partial charge in [0.2, 0.25) is 0 Å². The molecule has 0 aliphatic heterocycles. The van der Waals surface area contributed by atoms with Gasteiger partial charge < -0.3 is 18.1 Å². The van der Waals surface area contributed by atoms with Gasteiger partial charge in [-0.3, -0.25) is 4.79 Å². The minimum atomic E-state index is -4.38. The number of rotatable bonds is 2. The van der Waals surface area contributed by atoms with Gasteiger partial charge >= 0.3 is 12.4 Å². The van der Waals surface area contributed by atoms with Crippen molar-refractivity contribution in [3.05, 3.63) is 70.8 Å². The van der Waals surface area contributed by atoms with Gasteiger partial charge in [-0.1, -0.05) is 24.3 Å². The van der Waals surface area contributed by atoms with Crippen LogP contribution in [0, 0.1) is 0 Å². The van der Waals surface area contributed by atoms with Crippen molar-refractivity contribution >= 4 is 6.29 Å². The number of hydrogen-bond acceptors (Lipinski definition) is 2. The normalized spacial score (nSPS) is 12.3. The van der Waals surface area contributed by atoms with E-state index in [2.05, 4.69) is 0 Å². The first kappa shape index (κ1) is 23.9. The van der Waals surface area contributed by atoms with Crippen LogP contribution in [0.25, 0.3) is 0 Å². The summed E-state index contributed by atoms with van der Waals surface area (Å²) in [5.41, 5.74) is 4.54. The first-order chi connectivity index (χ1) is 11.4. The van der Waals surface area contributed by atoms with Gasteiger partial charge in [0, 0.05) is 11.6 Å². The second kappa shape index (κ2) is 9.59. The van der Waals surface area contributed by atoms with E-state index in [1.54, 1.807) is 13.0 Å². The molecule has 0 saturated carbocycles. The van der Waals surface area contributed by atoms with Gasteiger partial charge in [-0.25, -0.2) is 0 Å². The van der Waals surface area contributed by atoms with Crippen molar-refractivity contribution < 1.29 is 43.5 Å². The van der Waals surface area contributed by atoms with Gasteiger partial charge in [-0.15, -0.1) is 0 Å². The molecular weight excluding hydrogens is 384 g/mol. The molecule has 144 valence electrons.